The van der Waals surface area contributed by atoms with Crippen LogP contribution in [0.1, 0.15) is 22.3 Å². The van der Waals surface area contributed by atoms with E-state index in [0.29, 0.717) is 31.2 Å². The summed E-state index contributed by atoms with van der Waals surface area (Å²) >= 11 is 13.6. The lowest BCUT2D eigenvalue weighted by atomic mass is 10.1. The molecule has 0 saturated heterocycles. The van der Waals surface area contributed by atoms with Crippen LogP contribution in [0.3, 0.4) is 0 Å². The average molecular weight is 485 g/mol. The second-order valence-electron chi connectivity index (χ2n) is 6.63. The Kier molecular flexibility index (Phi) is 11.0. The maximum atomic E-state index is 12.7. The van der Waals surface area contributed by atoms with E-state index in [0.717, 1.165) is 17.1 Å². The molecule has 2 aromatic rings. The molecule has 1 unspecified atom stereocenters. The first-order valence-corrected chi connectivity index (χ1v) is 11.8. The minimum absolute atomic E-state index is 0.238. The van der Waals surface area contributed by atoms with Crippen LogP contribution in [-0.4, -0.2) is 50.2 Å². The quantitative estimate of drug-likeness (QED) is 0.441. The van der Waals surface area contributed by atoms with Gasteiger partial charge in [0.2, 0.25) is 5.91 Å². The summed E-state index contributed by atoms with van der Waals surface area (Å²) in [6.07, 6.45) is 2.44. The van der Waals surface area contributed by atoms with Gasteiger partial charge in [0.15, 0.2) is 0 Å². The molecular weight excluding hydrogens is 459 g/mol. The van der Waals surface area contributed by atoms with Crippen LogP contribution in [0.15, 0.2) is 42.5 Å². The van der Waals surface area contributed by atoms with Gasteiger partial charge in [-0.1, -0.05) is 35.3 Å². The molecule has 2 N–H and O–H groups in total. The van der Waals surface area contributed by atoms with E-state index in [-0.39, 0.29) is 16.5 Å². The van der Waals surface area contributed by atoms with E-state index in [1.807, 2.05) is 30.5 Å². The van der Waals surface area contributed by atoms with Crippen molar-refractivity contribution >= 4 is 46.8 Å². The van der Waals surface area contributed by atoms with Gasteiger partial charge in [0, 0.05) is 18.7 Å². The van der Waals surface area contributed by atoms with Crippen LogP contribution in [0, 0.1) is 0 Å². The third-order valence-electron chi connectivity index (χ3n) is 4.35. The molecule has 168 valence electrons. The maximum absolute atomic E-state index is 12.7. The number of thioether (sulfide) groups is 1. The summed E-state index contributed by atoms with van der Waals surface area (Å²) in [5.41, 5.74) is 1.19. The van der Waals surface area contributed by atoms with Crippen molar-refractivity contribution in [2.75, 3.05) is 32.3 Å². The largest absolute Gasteiger partial charge is 0.491 e. The number of carbonyl (C=O) groups excluding carboxylic acids is 2. The molecule has 0 saturated carbocycles. The second-order valence-corrected chi connectivity index (χ2v) is 8.46. The normalized spacial score (nSPS) is 11.6. The number of nitrogens with one attached hydrogen (secondary N) is 2. The first kappa shape index (κ1) is 25.3. The number of rotatable bonds is 12. The Bertz CT molecular complexity index is 865. The molecule has 0 aliphatic carbocycles. The lowest BCUT2D eigenvalue weighted by Crippen LogP contribution is -2.47. The number of hydrogen-bond donors (Lipinski definition) is 2. The zero-order valence-electron chi connectivity index (χ0n) is 17.5. The van der Waals surface area contributed by atoms with Crippen LogP contribution in [0.4, 0.5) is 0 Å². The van der Waals surface area contributed by atoms with Gasteiger partial charge < -0.3 is 20.1 Å². The molecule has 6 nitrogen and oxygen atoms in total. The first-order valence-electron chi connectivity index (χ1n) is 9.67. The van der Waals surface area contributed by atoms with E-state index >= 15 is 0 Å². The fourth-order valence-electron chi connectivity index (χ4n) is 2.67. The lowest BCUT2D eigenvalue weighted by molar-refractivity contribution is -0.123. The number of ether oxygens (including phenoxy) is 2. The molecule has 0 bridgehead atoms. The van der Waals surface area contributed by atoms with Gasteiger partial charge >= 0.3 is 0 Å². The molecule has 1 atom stereocenters. The van der Waals surface area contributed by atoms with Crippen molar-refractivity contribution in [1.82, 2.24) is 10.6 Å². The number of carbonyl (C=O) groups is 2. The van der Waals surface area contributed by atoms with Gasteiger partial charge in [0.1, 0.15) is 18.4 Å². The number of benzene rings is 2. The van der Waals surface area contributed by atoms with Gasteiger partial charge in [-0.05, 0) is 54.3 Å². The molecule has 9 heteroatoms. The minimum Gasteiger partial charge on any atom is -0.491 e. The Hall–Kier alpha value is -1.93. The third-order valence-corrected chi connectivity index (χ3v) is 5.55. The molecule has 31 heavy (non-hydrogen) atoms. The average Bonchev–Trinajstić information content (AvgIpc) is 2.75. The van der Waals surface area contributed by atoms with Crippen LogP contribution < -0.4 is 15.4 Å². The first-order chi connectivity index (χ1) is 14.9. The molecule has 0 radical (unpaired) electrons. The summed E-state index contributed by atoms with van der Waals surface area (Å²) in [7, 11) is 1.62. The zero-order valence-corrected chi connectivity index (χ0v) is 19.8. The van der Waals surface area contributed by atoms with Crippen LogP contribution in [-0.2, 0) is 16.1 Å². The third kappa shape index (κ3) is 8.61. The SMILES string of the molecule is COCCOc1ccc(CNC(=O)C(CCSC)NC(=O)c2ccc(Cl)cc2Cl)cc1. The molecule has 0 aliphatic rings. The Balaban J connectivity index is 1.95. The highest BCUT2D eigenvalue weighted by Crippen LogP contribution is 2.21. The fraction of sp³-hybridized carbons (Fsp3) is 0.364. The smallest absolute Gasteiger partial charge is 0.253 e. The van der Waals surface area contributed by atoms with Crippen molar-refractivity contribution in [2.24, 2.45) is 0 Å². The van der Waals surface area contributed by atoms with E-state index in [1.165, 1.54) is 6.07 Å². The number of hydrogen-bond acceptors (Lipinski definition) is 5. The van der Waals surface area contributed by atoms with Gasteiger partial charge in [-0.25, -0.2) is 0 Å². The van der Waals surface area contributed by atoms with Gasteiger partial charge in [-0.15, -0.1) is 0 Å². The summed E-state index contributed by atoms with van der Waals surface area (Å²) in [5, 5.41) is 6.34. The highest BCUT2D eigenvalue weighted by atomic mass is 35.5. The molecule has 0 spiro atoms. The standard InChI is InChI=1S/C22H26Cl2N2O4S/c1-29-10-11-30-17-6-3-15(4-7-17)14-25-22(28)20(9-12-31-2)26-21(27)18-8-5-16(23)13-19(18)24/h3-8,13,20H,9-12,14H2,1-2H3,(H,25,28)(H,26,27). The van der Waals surface area contributed by atoms with E-state index in [4.69, 9.17) is 32.7 Å². The molecule has 2 rings (SSSR count). The summed E-state index contributed by atoms with van der Waals surface area (Å²) in [6.45, 7) is 1.33. The number of halogens is 2. The van der Waals surface area contributed by atoms with Crippen molar-refractivity contribution in [1.29, 1.82) is 0 Å². The van der Waals surface area contributed by atoms with Crippen LogP contribution in [0.25, 0.3) is 0 Å². The predicted molar refractivity (Wildman–Crippen MR) is 126 cm³/mol. The predicted octanol–water partition coefficient (Wildman–Crippen LogP) is 4.19. The highest BCUT2D eigenvalue weighted by molar-refractivity contribution is 7.98. The zero-order chi connectivity index (χ0) is 22.6. The van der Waals surface area contributed by atoms with E-state index < -0.39 is 11.9 Å². The van der Waals surface area contributed by atoms with Crippen LogP contribution >= 0.6 is 35.0 Å². The molecular formula is C22H26Cl2N2O4S. The molecule has 0 heterocycles. The van der Waals surface area contributed by atoms with Crippen molar-refractivity contribution < 1.29 is 19.1 Å². The van der Waals surface area contributed by atoms with Crippen molar-refractivity contribution in [3.05, 3.63) is 63.6 Å². The fourth-order valence-corrected chi connectivity index (χ4v) is 3.64. The summed E-state index contributed by atoms with van der Waals surface area (Å²) in [5.74, 6) is 0.783. The van der Waals surface area contributed by atoms with Gasteiger partial charge in [0.05, 0.1) is 17.2 Å². The van der Waals surface area contributed by atoms with Crippen molar-refractivity contribution in [2.45, 2.75) is 19.0 Å². The van der Waals surface area contributed by atoms with E-state index in [1.54, 1.807) is 31.0 Å². The molecule has 2 amide bonds. The highest BCUT2D eigenvalue weighted by Gasteiger charge is 2.22. The molecule has 2 aromatic carbocycles. The monoisotopic (exact) mass is 484 g/mol. The Morgan fingerprint density at radius 2 is 1.84 bits per heavy atom. The summed E-state index contributed by atoms with van der Waals surface area (Å²) in [4.78, 5) is 25.4. The number of methoxy groups -OCH3 is 1. The minimum atomic E-state index is -0.677. The Labute approximate surface area is 197 Å². The Morgan fingerprint density at radius 3 is 2.48 bits per heavy atom. The van der Waals surface area contributed by atoms with Crippen LogP contribution in [0.2, 0.25) is 10.0 Å². The van der Waals surface area contributed by atoms with Crippen LogP contribution in [0.5, 0.6) is 5.75 Å². The van der Waals surface area contributed by atoms with Gasteiger partial charge in [-0.3, -0.25) is 9.59 Å². The summed E-state index contributed by atoms with van der Waals surface area (Å²) < 4.78 is 10.5. The molecule has 0 fully saturated rings. The topological polar surface area (TPSA) is 76.7 Å². The van der Waals surface area contributed by atoms with Gasteiger partial charge in [-0.2, -0.15) is 11.8 Å². The molecule has 0 aromatic heterocycles. The van der Waals surface area contributed by atoms with E-state index in [9.17, 15) is 9.59 Å². The summed E-state index contributed by atoms with van der Waals surface area (Å²) in [6, 6.07) is 11.4. The van der Waals surface area contributed by atoms with E-state index in [2.05, 4.69) is 10.6 Å². The van der Waals surface area contributed by atoms with Gasteiger partial charge in [0.25, 0.3) is 5.91 Å². The lowest BCUT2D eigenvalue weighted by Gasteiger charge is -2.19. The Morgan fingerprint density at radius 1 is 1.10 bits per heavy atom. The van der Waals surface area contributed by atoms with Crippen molar-refractivity contribution in [3.8, 4) is 5.75 Å². The van der Waals surface area contributed by atoms with Crippen molar-refractivity contribution in [3.63, 3.8) is 0 Å². The molecule has 0 aliphatic heterocycles. The number of amides is 2. The second kappa shape index (κ2) is 13.5. The maximum Gasteiger partial charge on any atom is 0.253 e.